The van der Waals surface area contributed by atoms with Gasteiger partial charge in [0.2, 0.25) is 5.91 Å². The highest BCUT2D eigenvalue weighted by atomic mass is 32.1. The van der Waals surface area contributed by atoms with Gasteiger partial charge in [-0.1, -0.05) is 41.7 Å². The molecule has 1 aliphatic heterocycles. The Hall–Kier alpha value is -4.89. The average Bonchev–Trinajstić information content (AvgIpc) is 3.42. The SMILES string of the molecule is COc1ccc([C@H]2[C@H](C(=O)Nc3nc4ccc(OC)cc4s3)c3ccccc3C(=O)N2c2ccc(OC)cc2)cc1. The number of nitrogens with zero attached hydrogens (tertiary/aromatic N) is 2. The fraction of sp³-hybridized carbons (Fsp3) is 0.156. The van der Waals surface area contributed by atoms with Crippen LogP contribution in [0.2, 0.25) is 0 Å². The number of anilines is 2. The van der Waals surface area contributed by atoms with Gasteiger partial charge in [-0.15, -0.1) is 0 Å². The normalized spacial score (nSPS) is 16.3. The van der Waals surface area contributed by atoms with Crippen LogP contribution in [0, 0.1) is 0 Å². The van der Waals surface area contributed by atoms with Crippen LogP contribution in [0.1, 0.15) is 33.4 Å². The second-order valence-electron chi connectivity index (χ2n) is 9.50. The Morgan fingerprint density at radius 3 is 2.15 bits per heavy atom. The standard InChI is InChI=1S/C32H27N3O5S/c1-38-21-12-8-19(9-13-21)29-28(30(36)34-32-33-26-17-16-23(40-3)18-27(26)41-32)24-6-4-5-7-25(24)31(37)35(29)20-10-14-22(39-2)15-11-20/h4-18,28-29H,1-3H3,(H,33,34,36)/t28-,29+/m1/s1. The Morgan fingerprint density at radius 1 is 0.829 bits per heavy atom. The van der Waals surface area contributed by atoms with Gasteiger partial charge in [-0.25, -0.2) is 4.98 Å². The summed E-state index contributed by atoms with van der Waals surface area (Å²) < 4.78 is 17.0. The van der Waals surface area contributed by atoms with Crippen LogP contribution in [0.4, 0.5) is 10.8 Å². The lowest BCUT2D eigenvalue weighted by Crippen LogP contribution is -2.46. The quantitative estimate of drug-likeness (QED) is 0.244. The molecule has 2 amide bonds. The van der Waals surface area contributed by atoms with Gasteiger partial charge in [-0.05, 0) is 71.8 Å². The number of aromatic nitrogens is 1. The Bertz CT molecular complexity index is 1730. The maximum atomic E-state index is 14.3. The molecule has 1 aromatic heterocycles. The van der Waals surface area contributed by atoms with Gasteiger partial charge in [-0.3, -0.25) is 14.5 Å². The number of ether oxygens (including phenoxy) is 3. The number of hydrogen-bond donors (Lipinski definition) is 1. The third-order valence-electron chi connectivity index (χ3n) is 7.26. The summed E-state index contributed by atoms with van der Waals surface area (Å²) in [5.74, 6) is 0.868. The highest BCUT2D eigenvalue weighted by molar-refractivity contribution is 7.22. The molecule has 0 bridgehead atoms. The van der Waals surface area contributed by atoms with Crippen molar-refractivity contribution in [3.63, 3.8) is 0 Å². The predicted molar refractivity (Wildman–Crippen MR) is 160 cm³/mol. The highest BCUT2D eigenvalue weighted by Gasteiger charge is 2.45. The average molecular weight is 566 g/mol. The number of amides is 2. The number of hydrogen-bond acceptors (Lipinski definition) is 7. The van der Waals surface area contributed by atoms with E-state index in [1.54, 1.807) is 44.4 Å². The molecule has 4 aromatic carbocycles. The lowest BCUT2D eigenvalue weighted by Gasteiger charge is -2.41. The molecule has 9 heteroatoms. The van der Waals surface area contributed by atoms with Crippen LogP contribution in [-0.4, -0.2) is 38.1 Å². The Balaban J connectivity index is 1.48. The molecule has 206 valence electrons. The van der Waals surface area contributed by atoms with E-state index in [1.807, 2.05) is 72.8 Å². The number of thiazole rings is 1. The van der Waals surface area contributed by atoms with Gasteiger partial charge in [0.05, 0.1) is 43.5 Å². The lowest BCUT2D eigenvalue weighted by atomic mass is 9.79. The molecule has 1 N–H and O–H groups in total. The summed E-state index contributed by atoms with van der Waals surface area (Å²) >= 11 is 1.37. The van der Waals surface area contributed by atoms with Gasteiger partial charge >= 0.3 is 0 Å². The van der Waals surface area contributed by atoms with Crippen molar-refractivity contribution >= 4 is 44.2 Å². The first kappa shape index (κ1) is 26.3. The monoisotopic (exact) mass is 565 g/mol. The lowest BCUT2D eigenvalue weighted by molar-refractivity contribution is -0.118. The van der Waals surface area contributed by atoms with Gasteiger partial charge in [0, 0.05) is 11.3 Å². The second kappa shape index (κ2) is 10.9. The van der Waals surface area contributed by atoms with E-state index in [1.165, 1.54) is 11.3 Å². The molecule has 0 aliphatic carbocycles. The van der Waals surface area contributed by atoms with Gasteiger partial charge < -0.3 is 19.5 Å². The largest absolute Gasteiger partial charge is 0.497 e. The van der Waals surface area contributed by atoms with Gasteiger partial charge in [0.15, 0.2) is 5.13 Å². The maximum absolute atomic E-state index is 14.3. The van der Waals surface area contributed by atoms with Crippen molar-refractivity contribution in [2.45, 2.75) is 12.0 Å². The molecule has 0 radical (unpaired) electrons. The summed E-state index contributed by atoms with van der Waals surface area (Å²) in [5, 5.41) is 3.52. The van der Waals surface area contributed by atoms with Crippen LogP contribution in [0.5, 0.6) is 17.2 Å². The molecule has 8 nitrogen and oxygen atoms in total. The highest BCUT2D eigenvalue weighted by Crippen LogP contribution is 2.46. The van der Waals surface area contributed by atoms with Gasteiger partial charge in [0.25, 0.3) is 5.91 Å². The fourth-order valence-corrected chi connectivity index (χ4v) is 6.15. The molecule has 6 rings (SSSR count). The van der Waals surface area contributed by atoms with Crippen LogP contribution in [-0.2, 0) is 4.79 Å². The first-order valence-electron chi connectivity index (χ1n) is 13.0. The fourth-order valence-electron chi connectivity index (χ4n) is 5.25. The molecule has 41 heavy (non-hydrogen) atoms. The number of nitrogens with one attached hydrogen (secondary N) is 1. The van der Waals surface area contributed by atoms with Crippen molar-refractivity contribution in [3.8, 4) is 17.2 Å². The zero-order valence-electron chi connectivity index (χ0n) is 22.7. The minimum atomic E-state index is -0.735. The zero-order chi connectivity index (χ0) is 28.5. The summed E-state index contributed by atoms with van der Waals surface area (Å²) in [6.07, 6.45) is 0. The molecule has 0 saturated heterocycles. The van der Waals surface area contributed by atoms with Crippen LogP contribution in [0.15, 0.2) is 91.0 Å². The van der Waals surface area contributed by atoms with E-state index in [0.29, 0.717) is 39.2 Å². The molecule has 5 aromatic rings. The van der Waals surface area contributed by atoms with E-state index in [4.69, 9.17) is 14.2 Å². The summed E-state index contributed by atoms with van der Waals surface area (Å²) in [6.45, 7) is 0. The van der Waals surface area contributed by atoms with E-state index in [-0.39, 0.29) is 11.8 Å². The third-order valence-corrected chi connectivity index (χ3v) is 8.19. The summed E-state index contributed by atoms with van der Waals surface area (Å²) in [7, 11) is 4.80. The molecule has 0 spiro atoms. The van der Waals surface area contributed by atoms with Gasteiger partial charge in [0.1, 0.15) is 17.2 Å². The molecule has 2 atom stereocenters. The van der Waals surface area contributed by atoms with Crippen LogP contribution in [0.25, 0.3) is 10.2 Å². The Kier molecular flexibility index (Phi) is 7.03. The topological polar surface area (TPSA) is 90.0 Å². The number of carbonyl (C=O) groups is 2. The Labute approximate surface area is 241 Å². The van der Waals surface area contributed by atoms with Crippen molar-refractivity contribution in [1.29, 1.82) is 0 Å². The second-order valence-corrected chi connectivity index (χ2v) is 10.5. The number of fused-ring (bicyclic) bond motifs is 2. The van der Waals surface area contributed by atoms with Crippen molar-refractivity contribution in [2.24, 2.45) is 0 Å². The zero-order valence-corrected chi connectivity index (χ0v) is 23.5. The molecular formula is C32H27N3O5S. The van der Waals surface area contributed by atoms with Crippen molar-refractivity contribution in [3.05, 3.63) is 108 Å². The predicted octanol–water partition coefficient (Wildman–Crippen LogP) is 6.45. The van der Waals surface area contributed by atoms with E-state index >= 15 is 0 Å². The van der Waals surface area contributed by atoms with E-state index in [0.717, 1.165) is 15.8 Å². The maximum Gasteiger partial charge on any atom is 0.259 e. The van der Waals surface area contributed by atoms with E-state index in [9.17, 15) is 9.59 Å². The molecule has 1 aliphatic rings. The number of carbonyl (C=O) groups excluding carboxylic acids is 2. The minimum Gasteiger partial charge on any atom is -0.497 e. The molecule has 0 unspecified atom stereocenters. The first-order chi connectivity index (χ1) is 20.0. The Morgan fingerprint density at radius 2 is 1.46 bits per heavy atom. The molecule has 0 fully saturated rings. The molecular weight excluding hydrogens is 538 g/mol. The first-order valence-corrected chi connectivity index (χ1v) is 13.8. The minimum absolute atomic E-state index is 0.192. The summed E-state index contributed by atoms with van der Waals surface area (Å²) in [6, 6.07) is 27.0. The van der Waals surface area contributed by atoms with Crippen molar-refractivity contribution in [1.82, 2.24) is 4.98 Å². The van der Waals surface area contributed by atoms with Crippen LogP contribution in [0.3, 0.4) is 0 Å². The molecule has 0 saturated carbocycles. The number of benzene rings is 4. The smallest absolute Gasteiger partial charge is 0.259 e. The van der Waals surface area contributed by atoms with E-state index in [2.05, 4.69) is 10.3 Å². The molecule has 2 heterocycles. The third kappa shape index (κ3) is 4.85. The number of methoxy groups -OCH3 is 3. The van der Waals surface area contributed by atoms with Gasteiger partial charge in [-0.2, -0.15) is 0 Å². The summed E-state index contributed by atoms with van der Waals surface area (Å²) in [4.78, 5) is 34.7. The van der Waals surface area contributed by atoms with Crippen molar-refractivity contribution < 1.29 is 23.8 Å². The van der Waals surface area contributed by atoms with E-state index < -0.39 is 12.0 Å². The van der Waals surface area contributed by atoms with Crippen LogP contribution < -0.4 is 24.4 Å². The summed E-state index contributed by atoms with van der Waals surface area (Å²) in [5.41, 5.74) is 3.33. The van der Waals surface area contributed by atoms with Crippen molar-refractivity contribution in [2.75, 3.05) is 31.5 Å². The van der Waals surface area contributed by atoms with Crippen LogP contribution >= 0.6 is 11.3 Å². The number of rotatable bonds is 7.